The molecule has 0 fully saturated rings. The molecule has 0 aliphatic rings. The molecule has 6 nitrogen and oxygen atoms in total. The SMILES string of the molecule is [B]CC(C)C(=O)NCC(=O)NC.[B]CC(C)CCCC(=O)NC. The van der Waals surface area contributed by atoms with Gasteiger partial charge in [-0.15, -0.1) is 0 Å². The van der Waals surface area contributed by atoms with E-state index in [-0.39, 0.29) is 30.2 Å². The molecule has 128 valence electrons. The van der Waals surface area contributed by atoms with Gasteiger partial charge in [0.05, 0.1) is 22.2 Å². The second kappa shape index (κ2) is 15.4. The largest absolute Gasteiger partial charge is 0.359 e. The number of hydrogen-bond donors (Lipinski definition) is 3. The van der Waals surface area contributed by atoms with Crippen molar-refractivity contribution < 1.29 is 14.4 Å². The first kappa shape index (κ1) is 23.8. The molecule has 0 aromatic rings. The van der Waals surface area contributed by atoms with Crippen LogP contribution in [0.2, 0.25) is 12.6 Å². The molecule has 3 N–H and O–H groups in total. The Kier molecular flexibility index (Phi) is 16.0. The quantitative estimate of drug-likeness (QED) is 0.530. The first-order chi connectivity index (χ1) is 10.8. The van der Waals surface area contributed by atoms with Crippen LogP contribution in [0.3, 0.4) is 0 Å². The number of hydrogen-bond acceptors (Lipinski definition) is 3. The highest BCUT2D eigenvalue weighted by atomic mass is 16.2. The Morgan fingerprint density at radius 3 is 1.96 bits per heavy atom. The molecular formula is C15H29B2N3O3. The average molecular weight is 321 g/mol. The lowest BCUT2D eigenvalue weighted by atomic mass is 9.89. The van der Waals surface area contributed by atoms with E-state index < -0.39 is 0 Å². The van der Waals surface area contributed by atoms with Crippen LogP contribution in [0.1, 0.15) is 33.1 Å². The van der Waals surface area contributed by atoms with Gasteiger partial charge >= 0.3 is 0 Å². The molecule has 3 amide bonds. The topological polar surface area (TPSA) is 87.3 Å². The lowest BCUT2D eigenvalue weighted by Gasteiger charge is -2.08. The number of nitrogens with one attached hydrogen (secondary N) is 3. The minimum atomic E-state index is -0.241. The Labute approximate surface area is 142 Å². The third-order valence-corrected chi connectivity index (χ3v) is 3.29. The summed E-state index contributed by atoms with van der Waals surface area (Å²) in [6.45, 7) is 3.82. The summed E-state index contributed by atoms with van der Waals surface area (Å²) >= 11 is 0. The highest BCUT2D eigenvalue weighted by molar-refractivity contribution is 6.10. The van der Waals surface area contributed by atoms with Gasteiger partial charge in [-0.2, -0.15) is 0 Å². The van der Waals surface area contributed by atoms with E-state index in [1.54, 1.807) is 14.0 Å². The molecule has 23 heavy (non-hydrogen) atoms. The fraction of sp³-hybridized carbons (Fsp3) is 0.800. The fourth-order valence-corrected chi connectivity index (χ4v) is 1.39. The Morgan fingerprint density at radius 1 is 0.957 bits per heavy atom. The van der Waals surface area contributed by atoms with Crippen molar-refractivity contribution in [2.24, 2.45) is 11.8 Å². The van der Waals surface area contributed by atoms with Crippen LogP contribution in [0.5, 0.6) is 0 Å². The summed E-state index contributed by atoms with van der Waals surface area (Å²) in [5, 5.41) is 7.43. The van der Waals surface area contributed by atoms with Crippen molar-refractivity contribution in [3.05, 3.63) is 0 Å². The average Bonchev–Trinajstić information content (AvgIpc) is 2.58. The van der Waals surface area contributed by atoms with Crippen molar-refractivity contribution in [1.82, 2.24) is 16.0 Å². The van der Waals surface area contributed by atoms with Crippen molar-refractivity contribution in [3.8, 4) is 0 Å². The molecule has 0 heterocycles. The van der Waals surface area contributed by atoms with Gasteiger partial charge in [-0.1, -0.05) is 38.8 Å². The number of rotatable bonds is 9. The predicted molar refractivity (Wildman–Crippen MR) is 94.4 cm³/mol. The van der Waals surface area contributed by atoms with Crippen molar-refractivity contribution in [2.75, 3.05) is 20.6 Å². The van der Waals surface area contributed by atoms with E-state index in [2.05, 4.69) is 22.9 Å². The van der Waals surface area contributed by atoms with E-state index in [1.165, 1.54) is 7.05 Å². The first-order valence-electron chi connectivity index (χ1n) is 7.91. The summed E-state index contributed by atoms with van der Waals surface area (Å²) in [5.74, 6) is 0.0113. The second-order valence-electron chi connectivity index (χ2n) is 5.43. The number of carbonyl (C=O) groups excluding carboxylic acids is 3. The molecule has 0 saturated carbocycles. The zero-order valence-corrected chi connectivity index (χ0v) is 14.8. The van der Waals surface area contributed by atoms with Gasteiger partial charge in [-0.3, -0.25) is 14.4 Å². The molecule has 2 atom stereocenters. The van der Waals surface area contributed by atoms with Crippen molar-refractivity contribution >= 4 is 33.4 Å². The van der Waals surface area contributed by atoms with E-state index >= 15 is 0 Å². The monoisotopic (exact) mass is 321 g/mol. The third kappa shape index (κ3) is 15.2. The molecule has 4 radical (unpaired) electrons. The molecule has 0 aromatic heterocycles. The molecule has 0 saturated heterocycles. The molecule has 2 unspecified atom stereocenters. The maximum atomic E-state index is 11.0. The van der Waals surface area contributed by atoms with Gasteiger partial charge in [-0.25, -0.2) is 0 Å². The second-order valence-corrected chi connectivity index (χ2v) is 5.43. The summed E-state index contributed by atoms with van der Waals surface area (Å²) in [4.78, 5) is 32.4. The highest BCUT2D eigenvalue weighted by Gasteiger charge is 2.10. The van der Waals surface area contributed by atoms with E-state index in [0.29, 0.717) is 25.0 Å². The number of likely N-dealkylation sites (N-methyl/N-ethyl adjacent to an activating group) is 1. The Bertz CT molecular complexity index is 355. The zero-order valence-electron chi connectivity index (χ0n) is 14.8. The molecule has 8 heteroatoms. The van der Waals surface area contributed by atoms with Crippen molar-refractivity contribution in [1.29, 1.82) is 0 Å². The standard InChI is InChI=1S/C8H16BNO.C7H13BN2O2/c1-7(6-9)4-3-5-8(11)10-2;1-5(3-8)7(12)10-4-6(11)9-2/h7H,3-6H2,1-2H3,(H,10,11);5H,3-4H2,1-2H3,(H,9,11)(H,10,12). The molecule has 0 spiro atoms. The smallest absolute Gasteiger partial charge is 0.239 e. The van der Waals surface area contributed by atoms with Crippen LogP contribution in [0, 0.1) is 11.8 Å². The van der Waals surface area contributed by atoms with Crippen LogP contribution in [0.15, 0.2) is 0 Å². The summed E-state index contributed by atoms with van der Waals surface area (Å²) in [6, 6.07) is 0. The predicted octanol–water partition coefficient (Wildman–Crippen LogP) is 0.197. The van der Waals surface area contributed by atoms with Crippen LogP contribution < -0.4 is 16.0 Å². The van der Waals surface area contributed by atoms with Gasteiger partial charge in [-0.05, 0) is 6.42 Å². The zero-order chi connectivity index (χ0) is 18.3. The third-order valence-electron chi connectivity index (χ3n) is 3.29. The van der Waals surface area contributed by atoms with Crippen molar-refractivity contribution in [2.45, 2.75) is 45.8 Å². The van der Waals surface area contributed by atoms with E-state index in [1.807, 2.05) is 0 Å². The molecule has 0 aliphatic heterocycles. The van der Waals surface area contributed by atoms with Gasteiger partial charge in [0, 0.05) is 26.4 Å². The Balaban J connectivity index is 0. The van der Waals surface area contributed by atoms with Gasteiger partial charge in [0.25, 0.3) is 0 Å². The van der Waals surface area contributed by atoms with Crippen LogP contribution in [0.4, 0.5) is 0 Å². The molecular weight excluding hydrogens is 292 g/mol. The molecule has 0 bridgehead atoms. The van der Waals surface area contributed by atoms with Crippen LogP contribution in [-0.4, -0.2) is 54.1 Å². The summed E-state index contributed by atoms with van der Waals surface area (Å²) in [5.41, 5.74) is 0. The van der Waals surface area contributed by atoms with Crippen LogP contribution >= 0.6 is 0 Å². The summed E-state index contributed by atoms with van der Waals surface area (Å²) in [7, 11) is 13.8. The van der Waals surface area contributed by atoms with E-state index in [9.17, 15) is 14.4 Å². The summed E-state index contributed by atoms with van der Waals surface area (Å²) < 4.78 is 0. The Morgan fingerprint density at radius 2 is 1.52 bits per heavy atom. The molecule has 0 rings (SSSR count). The van der Waals surface area contributed by atoms with Gasteiger partial charge < -0.3 is 16.0 Å². The molecule has 0 aliphatic carbocycles. The lowest BCUT2D eigenvalue weighted by Crippen LogP contribution is -2.37. The lowest BCUT2D eigenvalue weighted by molar-refractivity contribution is -0.127. The normalized spacial score (nSPS) is 12.2. The maximum absolute atomic E-state index is 11.0. The van der Waals surface area contributed by atoms with Gasteiger partial charge in [0.15, 0.2) is 0 Å². The van der Waals surface area contributed by atoms with E-state index in [4.69, 9.17) is 15.7 Å². The van der Waals surface area contributed by atoms with Crippen LogP contribution in [0.25, 0.3) is 0 Å². The minimum Gasteiger partial charge on any atom is -0.359 e. The van der Waals surface area contributed by atoms with Gasteiger partial charge in [0.2, 0.25) is 17.7 Å². The first-order valence-corrected chi connectivity index (χ1v) is 7.91. The van der Waals surface area contributed by atoms with Crippen molar-refractivity contribution in [3.63, 3.8) is 0 Å². The molecule has 0 aromatic carbocycles. The number of amides is 3. The number of carbonyl (C=O) groups is 3. The highest BCUT2D eigenvalue weighted by Crippen LogP contribution is 2.09. The maximum Gasteiger partial charge on any atom is 0.239 e. The minimum absolute atomic E-state index is 0.0136. The fourth-order valence-electron chi connectivity index (χ4n) is 1.39. The van der Waals surface area contributed by atoms with Crippen LogP contribution in [-0.2, 0) is 14.4 Å². The van der Waals surface area contributed by atoms with E-state index in [0.717, 1.165) is 12.8 Å². The summed E-state index contributed by atoms with van der Waals surface area (Å²) in [6.07, 6.45) is 3.62. The van der Waals surface area contributed by atoms with Gasteiger partial charge in [0.1, 0.15) is 0 Å². The Hall–Kier alpha value is -1.46.